The molecule has 3 aliphatic rings. The minimum Gasteiger partial charge on any atom is -0.322 e. The van der Waals surface area contributed by atoms with Gasteiger partial charge in [0.05, 0.1) is 11.2 Å². The summed E-state index contributed by atoms with van der Waals surface area (Å²) in [6.45, 7) is 3.31. The molecule has 1 aromatic heterocycles. The summed E-state index contributed by atoms with van der Waals surface area (Å²) in [5.74, 6) is -0.282. The second-order valence-electron chi connectivity index (χ2n) is 9.86. The molecule has 0 saturated carbocycles. The number of carbonyl (C=O) groups is 3. The van der Waals surface area contributed by atoms with Crippen molar-refractivity contribution in [3.8, 4) is 0 Å². The molecule has 2 saturated heterocycles. The fourth-order valence-electron chi connectivity index (χ4n) is 5.70. The molecule has 4 heterocycles. The van der Waals surface area contributed by atoms with Gasteiger partial charge in [-0.25, -0.2) is 0 Å². The lowest BCUT2D eigenvalue weighted by molar-refractivity contribution is -0.136. The van der Waals surface area contributed by atoms with Gasteiger partial charge >= 0.3 is 0 Å². The summed E-state index contributed by atoms with van der Waals surface area (Å²) in [6, 6.07) is 18.1. The largest absolute Gasteiger partial charge is 0.322 e. The zero-order valence-electron chi connectivity index (χ0n) is 19.6. The number of hydrogen-bond acceptors (Lipinski definition) is 5. The van der Waals surface area contributed by atoms with Crippen LogP contribution in [0.5, 0.6) is 0 Å². The maximum Gasteiger partial charge on any atom is 0.255 e. The third-order valence-corrected chi connectivity index (χ3v) is 7.65. The lowest BCUT2D eigenvalue weighted by Gasteiger charge is -2.32. The molecule has 7 heteroatoms. The van der Waals surface area contributed by atoms with Crippen LogP contribution in [-0.2, 0) is 22.7 Å². The van der Waals surface area contributed by atoms with Crippen molar-refractivity contribution in [2.75, 3.05) is 13.1 Å². The highest BCUT2D eigenvalue weighted by molar-refractivity contribution is 6.05. The number of fused-ring (bicyclic) bond motifs is 2. The quantitative estimate of drug-likeness (QED) is 0.594. The topological polar surface area (TPSA) is 82.6 Å². The Kier molecular flexibility index (Phi) is 5.57. The van der Waals surface area contributed by atoms with E-state index in [1.807, 2.05) is 18.2 Å². The van der Waals surface area contributed by atoms with Crippen LogP contribution in [0, 0.1) is 0 Å². The summed E-state index contributed by atoms with van der Waals surface area (Å²) < 4.78 is 0. The molecule has 1 N–H and O–H groups in total. The van der Waals surface area contributed by atoms with Crippen LogP contribution in [0.15, 0.2) is 54.6 Å². The number of hydrogen-bond donors (Lipinski definition) is 1. The van der Waals surface area contributed by atoms with Crippen LogP contribution >= 0.6 is 0 Å². The number of para-hydroxylation sites is 1. The second-order valence-corrected chi connectivity index (χ2v) is 9.86. The molecule has 0 aliphatic carbocycles. The number of nitrogens with zero attached hydrogens (tertiary/aromatic N) is 3. The Balaban J connectivity index is 1.10. The lowest BCUT2D eigenvalue weighted by Crippen LogP contribution is -2.52. The number of imide groups is 1. The van der Waals surface area contributed by atoms with E-state index in [4.69, 9.17) is 4.98 Å². The second kappa shape index (κ2) is 8.89. The van der Waals surface area contributed by atoms with E-state index in [2.05, 4.69) is 46.6 Å². The van der Waals surface area contributed by atoms with E-state index in [1.54, 1.807) is 4.90 Å². The van der Waals surface area contributed by atoms with Crippen LogP contribution in [0.3, 0.4) is 0 Å². The van der Waals surface area contributed by atoms with Gasteiger partial charge in [-0.15, -0.1) is 0 Å². The van der Waals surface area contributed by atoms with E-state index >= 15 is 0 Å². The molecule has 3 amide bonds. The molecule has 6 rings (SSSR count). The normalized spacial score (nSPS) is 21.4. The number of pyridine rings is 1. The summed E-state index contributed by atoms with van der Waals surface area (Å²) >= 11 is 0. The molecule has 1 atom stereocenters. The van der Waals surface area contributed by atoms with Crippen LogP contribution in [0.25, 0.3) is 10.9 Å². The molecule has 0 radical (unpaired) electrons. The molecule has 1 unspecified atom stereocenters. The Hall–Kier alpha value is -3.58. The molecule has 35 heavy (non-hydrogen) atoms. The van der Waals surface area contributed by atoms with Crippen LogP contribution < -0.4 is 5.32 Å². The Morgan fingerprint density at radius 3 is 2.60 bits per heavy atom. The number of benzene rings is 2. The third-order valence-electron chi connectivity index (χ3n) is 7.65. The zero-order valence-corrected chi connectivity index (χ0v) is 19.6. The average Bonchev–Trinajstić information content (AvgIpc) is 3.20. The molecular weight excluding hydrogens is 440 g/mol. The van der Waals surface area contributed by atoms with Crippen molar-refractivity contribution >= 4 is 28.6 Å². The summed E-state index contributed by atoms with van der Waals surface area (Å²) in [6.07, 6.45) is 2.80. The first-order valence-corrected chi connectivity index (χ1v) is 12.4. The van der Waals surface area contributed by atoms with E-state index in [-0.39, 0.29) is 24.1 Å². The van der Waals surface area contributed by atoms with Gasteiger partial charge in [0.1, 0.15) is 6.04 Å². The number of nitrogens with one attached hydrogen (secondary N) is 1. The smallest absolute Gasteiger partial charge is 0.255 e. The van der Waals surface area contributed by atoms with Crippen molar-refractivity contribution in [3.63, 3.8) is 0 Å². The molecule has 178 valence electrons. The number of aromatic nitrogens is 1. The molecule has 0 bridgehead atoms. The first kappa shape index (κ1) is 21.9. The van der Waals surface area contributed by atoms with Crippen molar-refractivity contribution in [2.45, 2.75) is 50.7 Å². The monoisotopic (exact) mass is 468 g/mol. The van der Waals surface area contributed by atoms with Gasteiger partial charge in [0.25, 0.3) is 5.91 Å². The predicted octanol–water partition coefficient (Wildman–Crippen LogP) is 3.38. The summed E-state index contributed by atoms with van der Waals surface area (Å²) in [7, 11) is 0. The molecule has 0 spiro atoms. The highest BCUT2D eigenvalue weighted by Gasteiger charge is 2.39. The minimum atomic E-state index is -0.567. The van der Waals surface area contributed by atoms with Crippen molar-refractivity contribution in [3.05, 3.63) is 77.0 Å². The molecule has 7 nitrogen and oxygen atoms in total. The Morgan fingerprint density at radius 2 is 1.77 bits per heavy atom. The van der Waals surface area contributed by atoms with Gasteiger partial charge in [-0.05, 0) is 67.6 Å². The SMILES string of the molecule is O=C1CCC(N2Cc3cc(C4CCN(Cc5ccc6ccccc6n5)CC4)ccc3C2=O)C(=O)N1. The zero-order chi connectivity index (χ0) is 23.9. The number of amides is 3. The van der Waals surface area contributed by atoms with E-state index in [0.29, 0.717) is 24.4 Å². The third kappa shape index (κ3) is 4.21. The number of piperidine rings is 2. The maximum atomic E-state index is 13.0. The van der Waals surface area contributed by atoms with Gasteiger partial charge in [0.2, 0.25) is 11.8 Å². The van der Waals surface area contributed by atoms with Crippen LogP contribution in [0.4, 0.5) is 0 Å². The van der Waals surface area contributed by atoms with Gasteiger partial charge in [0, 0.05) is 30.5 Å². The van der Waals surface area contributed by atoms with E-state index in [0.717, 1.165) is 49.2 Å². The Morgan fingerprint density at radius 1 is 0.943 bits per heavy atom. The fourth-order valence-corrected chi connectivity index (χ4v) is 5.70. The van der Waals surface area contributed by atoms with E-state index in [9.17, 15) is 14.4 Å². The summed E-state index contributed by atoms with van der Waals surface area (Å²) in [4.78, 5) is 45.7. The maximum absolute atomic E-state index is 13.0. The van der Waals surface area contributed by atoms with Crippen LogP contribution in [-0.4, -0.2) is 51.6 Å². The van der Waals surface area contributed by atoms with Gasteiger partial charge in [0.15, 0.2) is 0 Å². The minimum absolute atomic E-state index is 0.112. The van der Waals surface area contributed by atoms with E-state index < -0.39 is 6.04 Å². The highest BCUT2D eigenvalue weighted by Crippen LogP contribution is 2.34. The van der Waals surface area contributed by atoms with Crippen LogP contribution in [0.2, 0.25) is 0 Å². The van der Waals surface area contributed by atoms with Crippen molar-refractivity contribution in [2.24, 2.45) is 0 Å². The Labute approximate surface area is 204 Å². The van der Waals surface area contributed by atoms with Crippen molar-refractivity contribution < 1.29 is 14.4 Å². The van der Waals surface area contributed by atoms with Gasteiger partial charge in [-0.3, -0.25) is 29.6 Å². The molecule has 3 aromatic rings. The average molecular weight is 469 g/mol. The number of rotatable bonds is 4. The fraction of sp³-hybridized carbons (Fsp3) is 0.357. The number of likely N-dealkylation sites (tertiary alicyclic amines) is 1. The lowest BCUT2D eigenvalue weighted by atomic mass is 9.88. The number of carbonyl (C=O) groups excluding carboxylic acids is 3. The Bertz CT molecular complexity index is 1330. The highest BCUT2D eigenvalue weighted by atomic mass is 16.2. The standard InChI is InChI=1S/C28H28N4O3/c33-26-10-9-25(27(34)30-26)32-16-21-15-20(6-8-23(21)28(32)35)18-11-13-31(14-12-18)17-22-7-5-19-3-1-2-4-24(19)29-22/h1-8,15,18,25H,9-14,16-17H2,(H,30,33,34). The molecular formula is C28H28N4O3. The molecule has 2 fully saturated rings. The van der Waals surface area contributed by atoms with Crippen molar-refractivity contribution in [1.82, 2.24) is 20.1 Å². The van der Waals surface area contributed by atoms with Gasteiger partial charge in [-0.1, -0.05) is 36.4 Å². The van der Waals surface area contributed by atoms with Gasteiger partial charge < -0.3 is 4.90 Å². The molecule has 3 aliphatic heterocycles. The summed E-state index contributed by atoms with van der Waals surface area (Å²) in [5, 5.41) is 3.53. The first-order chi connectivity index (χ1) is 17.0. The van der Waals surface area contributed by atoms with Gasteiger partial charge in [-0.2, -0.15) is 0 Å². The van der Waals surface area contributed by atoms with E-state index in [1.165, 1.54) is 10.9 Å². The predicted molar refractivity (Wildman–Crippen MR) is 131 cm³/mol. The summed E-state index contributed by atoms with van der Waals surface area (Å²) in [5.41, 5.74) is 5.08. The molecule has 2 aromatic carbocycles. The first-order valence-electron chi connectivity index (χ1n) is 12.4. The van der Waals surface area contributed by atoms with Crippen LogP contribution in [0.1, 0.15) is 58.8 Å². The van der Waals surface area contributed by atoms with Crippen molar-refractivity contribution in [1.29, 1.82) is 0 Å².